The maximum Gasteiger partial charge on any atom is 0.224 e. The van der Waals surface area contributed by atoms with E-state index >= 15 is 0 Å². The van der Waals surface area contributed by atoms with Crippen molar-refractivity contribution in [3.8, 4) is 0 Å². The van der Waals surface area contributed by atoms with E-state index in [9.17, 15) is 4.79 Å². The standard InChI is InChI=1S/C13H25N3O/c1-10-3-4-11(9-15-10)13(17)14-7-8-16(2)12-5-6-12/h10-12,15H,3-9H2,1-2H3,(H,14,17). The van der Waals surface area contributed by atoms with Crippen LogP contribution in [0.5, 0.6) is 0 Å². The molecule has 0 aromatic heterocycles. The summed E-state index contributed by atoms with van der Waals surface area (Å²) in [5.74, 6) is 0.408. The fraction of sp³-hybridized carbons (Fsp3) is 0.923. The second kappa shape index (κ2) is 5.83. The highest BCUT2D eigenvalue weighted by atomic mass is 16.1. The van der Waals surface area contributed by atoms with Crippen LogP contribution in [0.4, 0.5) is 0 Å². The molecule has 2 unspecified atom stereocenters. The van der Waals surface area contributed by atoms with E-state index in [0.29, 0.717) is 6.04 Å². The Bertz CT molecular complexity index is 257. The van der Waals surface area contributed by atoms with Crippen molar-refractivity contribution in [1.82, 2.24) is 15.5 Å². The third-order valence-corrected chi connectivity index (χ3v) is 3.97. The van der Waals surface area contributed by atoms with Crippen LogP contribution in [0.2, 0.25) is 0 Å². The van der Waals surface area contributed by atoms with E-state index < -0.39 is 0 Å². The molecule has 17 heavy (non-hydrogen) atoms. The molecule has 0 bridgehead atoms. The van der Waals surface area contributed by atoms with Gasteiger partial charge in [-0.15, -0.1) is 0 Å². The number of nitrogens with one attached hydrogen (secondary N) is 2. The number of carbonyl (C=O) groups excluding carboxylic acids is 1. The first kappa shape index (κ1) is 12.8. The maximum atomic E-state index is 11.9. The van der Waals surface area contributed by atoms with Crippen molar-refractivity contribution in [3.63, 3.8) is 0 Å². The van der Waals surface area contributed by atoms with Gasteiger partial charge >= 0.3 is 0 Å². The first-order valence-electron chi connectivity index (χ1n) is 6.88. The van der Waals surface area contributed by atoms with Crippen LogP contribution in [-0.2, 0) is 4.79 Å². The lowest BCUT2D eigenvalue weighted by molar-refractivity contribution is -0.125. The van der Waals surface area contributed by atoms with Crippen LogP contribution in [0.15, 0.2) is 0 Å². The minimum atomic E-state index is 0.178. The van der Waals surface area contributed by atoms with Gasteiger partial charge in [0.15, 0.2) is 0 Å². The summed E-state index contributed by atoms with van der Waals surface area (Å²) in [5.41, 5.74) is 0. The zero-order valence-corrected chi connectivity index (χ0v) is 11.0. The number of amides is 1. The predicted molar refractivity (Wildman–Crippen MR) is 68.9 cm³/mol. The second-order valence-electron chi connectivity index (χ2n) is 5.59. The van der Waals surface area contributed by atoms with Gasteiger partial charge in [-0.2, -0.15) is 0 Å². The Balaban J connectivity index is 1.59. The van der Waals surface area contributed by atoms with Gasteiger partial charge in [-0.25, -0.2) is 0 Å². The second-order valence-corrected chi connectivity index (χ2v) is 5.59. The molecule has 0 spiro atoms. The molecular formula is C13H25N3O. The molecule has 0 radical (unpaired) electrons. The molecule has 1 heterocycles. The molecule has 1 saturated heterocycles. The van der Waals surface area contributed by atoms with Gasteiger partial charge in [0, 0.05) is 31.7 Å². The van der Waals surface area contributed by atoms with Crippen molar-refractivity contribution in [2.45, 2.75) is 44.7 Å². The van der Waals surface area contributed by atoms with Crippen LogP contribution in [0.1, 0.15) is 32.6 Å². The normalized spacial score (nSPS) is 29.4. The Labute approximate surface area is 104 Å². The lowest BCUT2D eigenvalue weighted by Crippen LogP contribution is -2.45. The summed E-state index contributed by atoms with van der Waals surface area (Å²) in [4.78, 5) is 14.3. The van der Waals surface area contributed by atoms with Gasteiger partial charge in [-0.3, -0.25) is 4.79 Å². The van der Waals surface area contributed by atoms with E-state index in [1.165, 1.54) is 12.8 Å². The number of piperidine rings is 1. The average molecular weight is 239 g/mol. The highest BCUT2D eigenvalue weighted by Gasteiger charge is 2.26. The van der Waals surface area contributed by atoms with Crippen molar-refractivity contribution < 1.29 is 4.79 Å². The van der Waals surface area contributed by atoms with Gasteiger partial charge in [0.1, 0.15) is 0 Å². The van der Waals surface area contributed by atoms with E-state index in [-0.39, 0.29) is 11.8 Å². The smallest absolute Gasteiger partial charge is 0.224 e. The molecule has 1 amide bonds. The van der Waals surface area contributed by atoms with Crippen molar-refractivity contribution in [3.05, 3.63) is 0 Å². The molecule has 2 fully saturated rings. The molecule has 1 aliphatic carbocycles. The van der Waals surface area contributed by atoms with Crippen LogP contribution in [0.3, 0.4) is 0 Å². The Morgan fingerprint density at radius 2 is 2.12 bits per heavy atom. The van der Waals surface area contributed by atoms with Crippen molar-refractivity contribution in [1.29, 1.82) is 0 Å². The minimum Gasteiger partial charge on any atom is -0.355 e. The van der Waals surface area contributed by atoms with Crippen molar-refractivity contribution >= 4 is 5.91 Å². The number of hydrogen-bond acceptors (Lipinski definition) is 3. The number of nitrogens with zero attached hydrogens (tertiary/aromatic N) is 1. The highest BCUT2D eigenvalue weighted by molar-refractivity contribution is 5.78. The lowest BCUT2D eigenvalue weighted by Gasteiger charge is -2.27. The van der Waals surface area contributed by atoms with E-state index in [2.05, 4.69) is 29.5 Å². The summed E-state index contributed by atoms with van der Waals surface area (Å²) < 4.78 is 0. The SMILES string of the molecule is CC1CCC(C(=O)NCCN(C)C2CC2)CN1. The van der Waals surface area contributed by atoms with Crippen LogP contribution in [-0.4, -0.2) is 49.6 Å². The first-order valence-corrected chi connectivity index (χ1v) is 6.88. The largest absolute Gasteiger partial charge is 0.355 e. The molecule has 0 aromatic carbocycles. The summed E-state index contributed by atoms with van der Waals surface area (Å²) in [5, 5.41) is 6.43. The topological polar surface area (TPSA) is 44.4 Å². The summed E-state index contributed by atoms with van der Waals surface area (Å²) in [6, 6.07) is 1.35. The zero-order chi connectivity index (χ0) is 12.3. The zero-order valence-electron chi connectivity index (χ0n) is 11.0. The molecule has 1 saturated carbocycles. The Hall–Kier alpha value is -0.610. The van der Waals surface area contributed by atoms with Gasteiger partial charge in [-0.1, -0.05) is 0 Å². The van der Waals surface area contributed by atoms with E-state index in [1.807, 2.05) is 0 Å². The molecule has 0 aromatic rings. The highest BCUT2D eigenvalue weighted by Crippen LogP contribution is 2.24. The molecule has 4 nitrogen and oxygen atoms in total. The summed E-state index contributed by atoms with van der Waals surface area (Å²) >= 11 is 0. The molecule has 1 aliphatic heterocycles. The van der Waals surface area contributed by atoms with Crippen LogP contribution >= 0.6 is 0 Å². The van der Waals surface area contributed by atoms with Crippen LogP contribution < -0.4 is 10.6 Å². The lowest BCUT2D eigenvalue weighted by atomic mass is 9.95. The van der Waals surface area contributed by atoms with E-state index in [1.54, 1.807) is 0 Å². The van der Waals surface area contributed by atoms with Crippen LogP contribution in [0, 0.1) is 5.92 Å². The number of likely N-dealkylation sites (N-methyl/N-ethyl adjacent to an activating group) is 1. The number of rotatable bonds is 5. The molecule has 2 rings (SSSR count). The van der Waals surface area contributed by atoms with Gasteiger partial charge in [-0.05, 0) is 39.7 Å². The Kier molecular flexibility index (Phi) is 4.40. The van der Waals surface area contributed by atoms with Gasteiger partial charge in [0.2, 0.25) is 5.91 Å². The molecule has 98 valence electrons. The summed E-state index contributed by atoms with van der Waals surface area (Å²) in [6.07, 6.45) is 4.79. The number of hydrogen-bond donors (Lipinski definition) is 2. The van der Waals surface area contributed by atoms with Gasteiger partial charge in [0.05, 0.1) is 5.92 Å². The molecule has 4 heteroatoms. The summed E-state index contributed by atoms with van der Waals surface area (Å²) in [6.45, 7) is 4.79. The molecule has 2 N–H and O–H groups in total. The van der Waals surface area contributed by atoms with Crippen molar-refractivity contribution in [2.24, 2.45) is 5.92 Å². The quantitative estimate of drug-likeness (QED) is 0.738. The molecule has 2 atom stereocenters. The van der Waals surface area contributed by atoms with Crippen molar-refractivity contribution in [2.75, 3.05) is 26.7 Å². The van der Waals surface area contributed by atoms with Gasteiger partial charge in [0.25, 0.3) is 0 Å². The predicted octanol–water partition coefficient (Wildman–Crippen LogP) is 0.585. The fourth-order valence-corrected chi connectivity index (χ4v) is 2.42. The Morgan fingerprint density at radius 1 is 1.35 bits per heavy atom. The Morgan fingerprint density at radius 3 is 2.71 bits per heavy atom. The number of carbonyl (C=O) groups is 1. The maximum absolute atomic E-state index is 11.9. The molecule has 2 aliphatic rings. The minimum absolute atomic E-state index is 0.178. The third-order valence-electron chi connectivity index (χ3n) is 3.97. The van der Waals surface area contributed by atoms with E-state index in [0.717, 1.165) is 38.5 Å². The monoisotopic (exact) mass is 239 g/mol. The third kappa shape index (κ3) is 3.96. The van der Waals surface area contributed by atoms with E-state index in [4.69, 9.17) is 0 Å². The fourth-order valence-electron chi connectivity index (χ4n) is 2.42. The van der Waals surface area contributed by atoms with Crippen LogP contribution in [0.25, 0.3) is 0 Å². The molecular weight excluding hydrogens is 214 g/mol. The summed E-state index contributed by atoms with van der Waals surface area (Å²) in [7, 11) is 2.15. The van der Waals surface area contributed by atoms with Gasteiger partial charge < -0.3 is 15.5 Å². The first-order chi connectivity index (χ1) is 8.16. The average Bonchev–Trinajstić information content (AvgIpc) is 3.13.